The zero-order valence-corrected chi connectivity index (χ0v) is 28.1. The molecule has 0 bridgehead atoms. The standard InChI is InChI=1S/C35H48N6O5/c1-22(2)28(29(42)32(44)36-20-24-12-14-26(15-13-24)40-18-16-39(7)17-19-40)38-31(43)23(3)37-33(45)30(35(4,5)6)41-21-25-10-8-9-11-27(25)34(41)46/h8-15,22-23,28,30H,16-21H2,1-7H3,(H,36,44)(H,37,45)(H,38,43). The van der Waals surface area contributed by atoms with Gasteiger partial charge in [-0.05, 0) is 54.6 Å². The fourth-order valence-corrected chi connectivity index (χ4v) is 5.96. The minimum absolute atomic E-state index is 0.173. The molecule has 3 unspecified atom stereocenters. The molecule has 2 aliphatic rings. The number of Topliss-reactive ketones (excluding diaryl/α,β-unsaturated/α-hetero) is 1. The molecule has 3 N–H and O–H groups in total. The summed E-state index contributed by atoms with van der Waals surface area (Å²) >= 11 is 0. The number of hydrogen-bond acceptors (Lipinski definition) is 7. The molecule has 4 rings (SSSR count). The lowest BCUT2D eigenvalue weighted by atomic mass is 9.84. The van der Waals surface area contributed by atoms with E-state index in [1.807, 2.05) is 57.2 Å². The quantitative estimate of drug-likeness (QED) is 0.324. The van der Waals surface area contributed by atoms with Crippen LogP contribution in [0.5, 0.6) is 0 Å². The molecule has 0 saturated carbocycles. The van der Waals surface area contributed by atoms with Crippen LogP contribution in [0.3, 0.4) is 0 Å². The van der Waals surface area contributed by atoms with Gasteiger partial charge in [0, 0.05) is 50.5 Å². The molecule has 1 saturated heterocycles. The average molecular weight is 633 g/mol. The summed E-state index contributed by atoms with van der Waals surface area (Å²) in [7, 11) is 2.11. The number of nitrogens with zero attached hydrogens (tertiary/aromatic N) is 3. The Labute approximate surface area is 272 Å². The van der Waals surface area contributed by atoms with E-state index < -0.39 is 47.0 Å². The molecule has 0 radical (unpaired) electrons. The summed E-state index contributed by atoms with van der Waals surface area (Å²) in [5.74, 6) is -3.24. The normalized spacial score (nSPS) is 17.3. The zero-order chi connectivity index (χ0) is 33.8. The Morgan fingerprint density at radius 2 is 1.48 bits per heavy atom. The molecule has 2 aromatic carbocycles. The lowest BCUT2D eigenvalue weighted by molar-refractivity contribution is -0.141. The number of piperazine rings is 1. The summed E-state index contributed by atoms with van der Waals surface area (Å²) in [5.41, 5.74) is 2.76. The molecule has 2 heterocycles. The number of carbonyl (C=O) groups is 5. The molecule has 3 atom stereocenters. The molecule has 2 aliphatic heterocycles. The molecule has 1 fully saturated rings. The Morgan fingerprint density at radius 3 is 2.07 bits per heavy atom. The van der Waals surface area contributed by atoms with Crippen LogP contribution in [0.1, 0.15) is 63.0 Å². The fourth-order valence-electron chi connectivity index (χ4n) is 5.96. The van der Waals surface area contributed by atoms with Gasteiger partial charge in [-0.3, -0.25) is 24.0 Å². The monoisotopic (exact) mass is 632 g/mol. The Balaban J connectivity index is 1.33. The van der Waals surface area contributed by atoms with Crippen molar-refractivity contribution in [2.45, 2.75) is 72.8 Å². The Morgan fingerprint density at radius 1 is 0.848 bits per heavy atom. The summed E-state index contributed by atoms with van der Waals surface area (Å²) in [5, 5.41) is 8.08. The van der Waals surface area contributed by atoms with E-state index in [1.165, 1.54) is 11.8 Å². The van der Waals surface area contributed by atoms with Crippen LogP contribution in [0.2, 0.25) is 0 Å². The highest BCUT2D eigenvalue weighted by Crippen LogP contribution is 2.32. The second-order valence-corrected chi connectivity index (χ2v) is 13.8. The van der Waals surface area contributed by atoms with Gasteiger partial charge >= 0.3 is 0 Å². The molecule has 2 aromatic rings. The molecule has 11 heteroatoms. The first kappa shape index (κ1) is 34.6. The molecule has 0 spiro atoms. The molecular weight excluding hydrogens is 584 g/mol. The largest absolute Gasteiger partial charge is 0.369 e. The van der Waals surface area contributed by atoms with E-state index >= 15 is 0 Å². The zero-order valence-electron chi connectivity index (χ0n) is 28.1. The second kappa shape index (κ2) is 14.5. The predicted molar refractivity (Wildman–Crippen MR) is 177 cm³/mol. The highest BCUT2D eigenvalue weighted by Gasteiger charge is 2.43. The average Bonchev–Trinajstić information content (AvgIpc) is 3.33. The minimum Gasteiger partial charge on any atom is -0.369 e. The van der Waals surface area contributed by atoms with E-state index in [-0.39, 0.29) is 18.4 Å². The number of ketones is 1. The van der Waals surface area contributed by atoms with Crippen molar-refractivity contribution in [2.24, 2.45) is 11.3 Å². The van der Waals surface area contributed by atoms with Crippen molar-refractivity contribution in [2.75, 3.05) is 38.1 Å². The van der Waals surface area contributed by atoms with Gasteiger partial charge in [-0.2, -0.15) is 0 Å². The van der Waals surface area contributed by atoms with Crippen molar-refractivity contribution in [3.63, 3.8) is 0 Å². The lowest BCUT2D eigenvalue weighted by Crippen LogP contribution is -2.59. The molecule has 0 aliphatic carbocycles. The van der Waals surface area contributed by atoms with Crippen LogP contribution >= 0.6 is 0 Å². The first-order valence-corrected chi connectivity index (χ1v) is 16.0. The van der Waals surface area contributed by atoms with Crippen LogP contribution in [0, 0.1) is 11.3 Å². The Hall–Kier alpha value is -4.25. The summed E-state index contributed by atoms with van der Waals surface area (Å²) in [4.78, 5) is 72.2. The Kier molecular flexibility index (Phi) is 10.9. The fraction of sp³-hybridized carbons (Fsp3) is 0.514. The number of anilines is 1. The maximum absolute atomic E-state index is 13.6. The molecule has 0 aromatic heterocycles. The van der Waals surface area contributed by atoms with Gasteiger partial charge in [0.05, 0.1) is 6.04 Å². The molecule has 46 heavy (non-hydrogen) atoms. The second-order valence-electron chi connectivity index (χ2n) is 13.8. The van der Waals surface area contributed by atoms with Gasteiger partial charge in [0.1, 0.15) is 12.1 Å². The van der Waals surface area contributed by atoms with Crippen molar-refractivity contribution in [1.29, 1.82) is 0 Å². The van der Waals surface area contributed by atoms with E-state index in [9.17, 15) is 24.0 Å². The molecular formula is C35H48N6O5. The predicted octanol–water partition coefficient (Wildman–Crippen LogP) is 2.34. The maximum Gasteiger partial charge on any atom is 0.289 e. The number of hydrogen-bond donors (Lipinski definition) is 3. The van der Waals surface area contributed by atoms with Crippen LogP contribution < -0.4 is 20.9 Å². The van der Waals surface area contributed by atoms with Crippen LogP contribution in [-0.4, -0.2) is 90.6 Å². The molecule has 248 valence electrons. The highest BCUT2D eigenvalue weighted by molar-refractivity contribution is 6.38. The third kappa shape index (κ3) is 8.12. The van der Waals surface area contributed by atoms with Crippen LogP contribution in [0.15, 0.2) is 48.5 Å². The summed E-state index contributed by atoms with van der Waals surface area (Å²) in [6.07, 6.45) is 0. The van der Waals surface area contributed by atoms with E-state index in [0.717, 1.165) is 43.0 Å². The SMILES string of the molecule is CC(NC(=O)C(N1Cc2ccccc2C1=O)C(C)(C)C)C(=O)NC(C(=O)C(=O)NCc1ccc(N2CCN(C)CC2)cc1)C(C)C. The number of likely N-dealkylation sites (N-methyl/N-ethyl adjacent to an activating group) is 1. The van der Waals surface area contributed by atoms with E-state index in [1.54, 1.807) is 26.0 Å². The van der Waals surface area contributed by atoms with Crippen molar-refractivity contribution >= 4 is 35.1 Å². The number of amides is 4. The minimum atomic E-state index is -1.08. The van der Waals surface area contributed by atoms with Crippen molar-refractivity contribution < 1.29 is 24.0 Å². The van der Waals surface area contributed by atoms with Crippen molar-refractivity contribution in [3.05, 3.63) is 65.2 Å². The molecule has 11 nitrogen and oxygen atoms in total. The highest BCUT2D eigenvalue weighted by atomic mass is 16.2. The summed E-state index contributed by atoms with van der Waals surface area (Å²) < 4.78 is 0. The van der Waals surface area contributed by atoms with E-state index in [0.29, 0.717) is 12.1 Å². The topological polar surface area (TPSA) is 131 Å². The van der Waals surface area contributed by atoms with Crippen LogP contribution in [0.4, 0.5) is 5.69 Å². The van der Waals surface area contributed by atoms with E-state index in [4.69, 9.17) is 0 Å². The number of nitrogens with one attached hydrogen (secondary N) is 3. The number of carbonyl (C=O) groups excluding carboxylic acids is 5. The van der Waals surface area contributed by atoms with Crippen LogP contribution in [-0.2, 0) is 32.3 Å². The number of fused-ring (bicyclic) bond motifs is 1. The van der Waals surface area contributed by atoms with Gasteiger partial charge in [-0.15, -0.1) is 0 Å². The summed E-state index contributed by atoms with van der Waals surface area (Å²) in [6, 6.07) is 12.2. The summed E-state index contributed by atoms with van der Waals surface area (Å²) in [6.45, 7) is 15.0. The van der Waals surface area contributed by atoms with Gasteiger partial charge in [0.15, 0.2) is 0 Å². The first-order chi connectivity index (χ1) is 21.7. The maximum atomic E-state index is 13.6. The molecule has 4 amide bonds. The Bertz CT molecular complexity index is 1440. The van der Waals surface area contributed by atoms with Gasteiger partial charge in [-0.25, -0.2) is 0 Å². The van der Waals surface area contributed by atoms with Crippen molar-refractivity contribution in [1.82, 2.24) is 25.8 Å². The first-order valence-electron chi connectivity index (χ1n) is 16.0. The third-order valence-electron chi connectivity index (χ3n) is 8.71. The lowest BCUT2D eigenvalue weighted by Gasteiger charge is -2.37. The smallest absolute Gasteiger partial charge is 0.289 e. The van der Waals surface area contributed by atoms with Gasteiger partial charge in [0.2, 0.25) is 17.6 Å². The van der Waals surface area contributed by atoms with Gasteiger partial charge < -0.3 is 30.7 Å². The van der Waals surface area contributed by atoms with Crippen molar-refractivity contribution in [3.8, 4) is 0 Å². The number of benzene rings is 2. The number of rotatable bonds is 11. The van der Waals surface area contributed by atoms with Gasteiger partial charge in [0.25, 0.3) is 11.8 Å². The van der Waals surface area contributed by atoms with Crippen LogP contribution in [0.25, 0.3) is 0 Å². The van der Waals surface area contributed by atoms with E-state index in [2.05, 4.69) is 32.8 Å². The van der Waals surface area contributed by atoms with Gasteiger partial charge in [-0.1, -0.05) is 65.0 Å². The third-order valence-corrected chi connectivity index (χ3v) is 8.71.